The van der Waals surface area contributed by atoms with Gasteiger partial charge in [-0.2, -0.15) is 23.3 Å². The number of halogens is 3. The SMILES string of the molecule is COc1ccc(CC(=O)N2N=C3CCC(C)CC3C2(O)C(F)(F)F)cc1. The predicted octanol–water partition coefficient (Wildman–Crippen LogP) is 3.12. The molecule has 1 amide bonds. The van der Waals surface area contributed by atoms with Gasteiger partial charge in [-0.3, -0.25) is 4.79 Å². The van der Waals surface area contributed by atoms with E-state index in [-0.39, 0.29) is 29.5 Å². The zero-order chi connectivity index (χ0) is 19.1. The number of hydrogen-bond donors (Lipinski definition) is 1. The molecule has 3 atom stereocenters. The molecule has 1 aromatic rings. The van der Waals surface area contributed by atoms with Crippen LogP contribution in [0, 0.1) is 11.8 Å². The lowest BCUT2D eigenvalue weighted by atomic mass is 9.76. The van der Waals surface area contributed by atoms with Gasteiger partial charge in [-0.25, -0.2) is 0 Å². The smallest absolute Gasteiger partial charge is 0.439 e. The Balaban J connectivity index is 1.88. The zero-order valence-electron chi connectivity index (χ0n) is 14.6. The van der Waals surface area contributed by atoms with Crippen LogP contribution in [0.4, 0.5) is 13.2 Å². The molecule has 1 aromatic carbocycles. The fraction of sp³-hybridized carbons (Fsp3) is 0.556. The van der Waals surface area contributed by atoms with E-state index in [2.05, 4.69) is 5.10 Å². The molecule has 0 radical (unpaired) electrons. The highest BCUT2D eigenvalue weighted by molar-refractivity contribution is 5.93. The maximum atomic E-state index is 13.8. The van der Waals surface area contributed by atoms with Crippen LogP contribution in [0.25, 0.3) is 0 Å². The van der Waals surface area contributed by atoms with Gasteiger partial charge in [-0.15, -0.1) is 0 Å². The van der Waals surface area contributed by atoms with Gasteiger partial charge in [-0.05, 0) is 42.9 Å². The van der Waals surface area contributed by atoms with Crippen molar-refractivity contribution >= 4 is 11.6 Å². The first-order valence-electron chi connectivity index (χ1n) is 8.49. The number of benzene rings is 1. The van der Waals surface area contributed by atoms with Crippen molar-refractivity contribution in [3.8, 4) is 5.75 Å². The first kappa shape index (κ1) is 18.7. The number of rotatable bonds is 3. The average Bonchev–Trinajstić information content (AvgIpc) is 2.89. The molecule has 0 bridgehead atoms. The summed E-state index contributed by atoms with van der Waals surface area (Å²) in [6, 6.07) is 6.44. The van der Waals surface area contributed by atoms with Crippen LogP contribution in [0.1, 0.15) is 31.7 Å². The standard InChI is InChI=1S/C18H21F3N2O3/c1-11-3-8-15-14(9-11)17(25,18(19,20)21)23(22-15)16(24)10-12-4-6-13(26-2)7-5-12/h4-7,11,14,25H,3,8-10H2,1-2H3. The summed E-state index contributed by atoms with van der Waals surface area (Å²) in [5.41, 5.74) is -2.50. The van der Waals surface area contributed by atoms with Crippen molar-refractivity contribution in [3.05, 3.63) is 29.8 Å². The van der Waals surface area contributed by atoms with Crippen molar-refractivity contribution in [3.63, 3.8) is 0 Å². The van der Waals surface area contributed by atoms with E-state index in [1.54, 1.807) is 24.3 Å². The van der Waals surface area contributed by atoms with Gasteiger partial charge in [0.25, 0.3) is 5.72 Å². The second kappa shape index (κ2) is 6.57. The molecule has 1 fully saturated rings. The quantitative estimate of drug-likeness (QED) is 0.889. The maximum absolute atomic E-state index is 13.8. The number of methoxy groups -OCH3 is 1. The lowest BCUT2D eigenvalue weighted by molar-refractivity contribution is -0.317. The summed E-state index contributed by atoms with van der Waals surface area (Å²) in [4.78, 5) is 12.6. The van der Waals surface area contributed by atoms with Crippen LogP contribution in [0.2, 0.25) is 0 Å². The van der Waals surface area contributed by atoms with Gasteiger partial charge in [0.15, 0.2) is 0 Å². The van der Waals surface area contributed by atoms with E-state index in [0.717, 1.165) is 0 Å². The molecular formula is C18H21F3N2O3. The van der Waals surface area contributed by atoms with Crippen molar-refractivity contribution < 1.29 is 27.8 Å². The highest BCUT2D eigenvalue weighted by Crippen LogP contribution is 2.49. The molecule has 1 N–H and O–H groups in total. The Hall–Kier alpha value is -2.09. The molecule has 8 heteroatoms. The highest BCUT2D eigenvalue weighted by Gasteiger charge is 2.68. The van der Waals surface area contributed by atoms with Crippen molar-refractivity contribution in [2.24, 2.45) is 16.9 Å². The number of ether oxygens (including phenoxy) is 1. The molecule has 1 saturated carbocycles. The van der Waals surface area contributed by atoms with Crippen LogP contribution in [-0.2, 0) is 11.2 Å². The molecule has 3 rings (SSSR count). The average molecular weight is 370 g/mol. The zero-order valence-corrected chi connectivity index (χ0v) is 14.6. The molecule has 3 unspecified atom stereocenters. The number of carbonyl (C=O) groups excluding carboxylic acids is 1. The van der Waals surface area contributed by atoms with Crippen LogP contribution in [0.3, 0.4) is 0 Å². The molecule has 26 heavy (non-hydrogen) atoms. The fourth-order valence-corrected chi connectivity index (χ4v) is 3.65. The Kier molecular flexibility index (Phi) is 4.72. The van der Waals surface area contributed by atoms with Crippen molar-refractivity contribution in [2.75, 3.05) is 7.11 Å². The number of hydrazone groups is 1. The van der Waals surface area contributed by atoms with Crippen molar-refractivity contribution in [1.82, 2.24) is 5.01 Å². The van der Waals surface area contributed by atoms with E-state index < -0.39 is 23.7 Å². The molecule has 0 spiro atoms. The Morgan fingerprint density at radius 3 is 2.62 bits per heavy atom. The lowest BCUT2D eigenvalue weighted by Gasteiger charge is -2.39. The predicted molar refractivity (Wildman–Crippen MR) is 88.5 cm³/mol. The van der Waals surface area contributed by atoms with Crippen LogP contribution in [-0.4, -0.2) is 40.7 Å². The molecule has 1 aliphatic heterocycles. The van der Waals surface area contributed by atoms with Crippen LogP contribution >= 0.6 is 0 Å². The summed E-state index contributed by atoms with van der Waals surface area (Å²) in [5.74, 6) is -1.48. The van der Waals surface area contributed by atoms with Gasteiger partial charge in [-0.1, -0.05) is 19.1 Å². The summed E-state index contributed by atoms with van der Waals surface area (Å²) in [6.07, 6.45) is -4.07. The summed E-state index contributed by atoms with van der Waals surface area (Å²) < 4.78 is 46.3. The van der Waals surface area contributed by atoms with Gasteiger partial charge in [0.2, 0.25) is 5.91 Å². The van der Waals surface area contributed by atoms with Crippen LogP contribution < -0.4 is 4.74 Å². The van der Waals surface area contributed by atoms with Gasteiger partial charge in [0, 0.05) is 5.71 Å². The number of alkyl halides is 3. The van der Waals surface area contributed by atoms with Gasteiger partial charge < -0.3 is 9.84 Å². The molecule has 1 aliphatic carbocycles. The fourth-order valence-electron chi connectivity index (χ4n) is 3.65. The molecule has 1 heterocycles. The second-order valence-electron chi connectivity index (χ2n) is 6.98. The Labute approximate surface area is 149 Å². The summed E-state index contributed by atoms with van der Waals surface area (Å²) in [6.45, 7) is 1.84. The minimum atomic E-state index is -4.99. The second-order valence-corrected chi connectivity index (χ2v) is 6.98. The third-order valence-electron chi connectivity index (χ3n) is 5.14. The van der Waals surface area contributed by atoms with E-state index in [4.69, 9.17) is 4.74 Å². The summed E-state index contributed by atoms with van der Waals surface area (Å²) >= 11 is 0. The highest BCUT2D eigenvalue weighted by atomic mass is 19.4. The third kappa shape index (κ3) is 3.06. The van der Waals surface area contributed by atoms with Gasteiger partial charge in [0.1, 0.15) is 5.75 Å². The van der Waals surface area contributed by atoms with E-state index in [9.17, 15) is 23.1 Å². The van der Waals surface area contributed by atoms with E-state index in [0.29, 0.717) is 24.2 Å². The Bertz CT molecular complexity index is 717. The topological polar surface area (TPSA) is 62.1 Å². The Morgan fingerprint density at radius 2 is 2.04 bits per heavy atom. The largest absolute Gasteiger partial charge is 0.497 e. The minimum Gasteiger partial charge on any atom is -0.497 e. The van der Waals surface area contributed by atoms with E-state index in [1.165, 1.54) is 7.11 Å². The van der Waals surface area contributed by atoms with Crippen molar-refractivity contribution in [2.45, 2.75) is 44.5 Å². The maximum Gasteiger partial charge on any atom is 0.439 e. The summed E-state index contributed by atoms with van der Waals surface area (Å²) in [7, 11) is 1.49. The number of carbonyl (C=O) groups is 1. The molecule has 0 saturated heterocycles. The normalized spacial score (nSPS) is 28.5. The number of amides is 1. The number of nitrogens with zero attached hydrogens (tertiary/aromatic N) is 2. The number of fused-ring (bicyclic) bond motifs is 1. The van der Waals surface area contributed by atoms with Crippen LogP contribution in [0.5, 0.6) is 5.75 Å². The third-order valence-corrected chi connectivity index (χ3v) is 5.14. The van der Waals surface area contributed by atoms with Crippen molar-refractivity contribution in [1.29, 1.82) is 0 Å². The molecule has 0 aromatic heterocycles. The monoisotopic (exact) mass is 370 g/mol. The molecule has 142 valence electrons. The van der Waals surface area contributed by atoms with E-state index in [1.807, 2.05) is 6.92 Å². The van der Waals surface area contributed by atoms with Gasteiger partial charge in [0.05, 0.1) is 19.4 Å². The lowest BCUT2D eigenvalue weighted by Crippen LogP contribution is -2.62. The first-order valence-corrected chi connectivity index (χ1v) is 8.49. The van der Waals surface area contributed by atoms with Gasteiger partial charge >= 0.3 is 6.18 Å². The molecule has 5 nitrogen and oxygen atoms in total. The number of aliphatic hydroxyl groups is 1. The minimum absolute atomic E-state index is 0.0319. The molecule has 2 aliphatic rings. The van der Waals surface area contributed by atoms with E-state index >= 15 is 0 Å². The first-order chi connectivity index (χ1) is 12.2. The number of hydrogen-bond acceptors (Lipinski definition) is 4. The summed E-state index contributed by atoms with van der Waals surface area (Å²) in [5, 5.41) is 14.7. The molecular weight excluding hydrogens is 349 g/mol. The van der Waals surface area contributed by atoms with Crippen LogP contribution in [0.15, 0.2) is 29.4 Å². The Morgan fingerprint density at radius 1 is 1.38 bits per heavy atom.